The number of rotatable bonds is 4. The highest BCUT2D eigenvalue weighted by Crippen LogP contribution is 2.20. The second kappa shape index (κ2) is 6.51. The van der Waals surface area contributed by atoms with Crippen LogP contribution in [0.1, 0.15) is 0 Å². The summed E-state index contributed by atoms with van der Waals surface area (Å²) in [5.74, 6) is -0.672. The number of halogens is 2. The minimum Gasteiger partial charge on any atom is -0.342 e. The van der Waals surface area contributed by atoms with Crippen LogP contribution in [0.4, 0.5) is 26.2 Å². The largest absolute Gasteiger partial charge is 0.342 e. The third kappa shape index (κ3) is 3.50. The monoisotopic (exact) mass is 320 g/mol. The van der Waals surface area contributed by atoms with Gasteiger partial charge in [-0.05, 0) is 12.1 Å². The van der Waals surface area contributed by atoms with E-state index in [4.69, 9.17) is 0 Å². The lowest BCUT2D eigenvalue weighted by atomic mass is 10.3. The van der Waals surface area contributed by atoms with E-state index in [2.05, 4.69) is 20.5 Å². The molecule has 1 saturated heterocycles. The number of anilines is 3. The van der Waals surface area contributed by atoms with Crippen molar-refractivity contribution in [1.82, 2.24) is 20.1 Å². The molecular formula is C14H14F2N6O. The number of hydrogen-bond acceptors (Lipinski definition) is 6. The first-order valence-electron chi connectivity index (χ1n) is 7.02. The fourth-order valence-electron chi connectivity index (χ4n) is 2.24. The molecule has 0 bridgehead atoms. The summed E-state index contributed by atoms with van der Waals surface area (Å²) in [4.78, 5) is 18.5. The molecular weight excluding hydrogens is 306 g/mol. The molecule has 2 heterocycles. The van der Waals surface area contributed by atoms with Crippen molar-refractivity contribution < 1.29 is 13.6 Å². The molecule has 0 saturated carbocycles. The van der Waals surface area contributed by atoms with Gasteiger partial charge in [0, 0.05) is 32.2 Å². The van der Waals surface area contributed by atoms with Crippen molar-refractivity contribution in [3.05, 3.63) is 36.0 Å². The summed E-state index contributed by atoms with van der Waals surface area (Å²) in [5, 5.41) is 10.6. The van der Waals surface area contributed by atoms with Crippen molar-refractivity contribution in [3.8, 4) is 0 Å². The Kier molecular flexibility index (Phi) is 4.26. The van der Waals surface area contributed by atoms with E-state index < -0.39 is 11.6 Å². The second-order valence-corrected chi connectivity index (χ2v) is 5.02. The molecule has 3 rings (SSSR count). The number of carbonyl (C=O) groups is 1. The quantitative estimate of drug-likeness (QED) is 0.853. The average Bonchev–Trinajstić information content (AvgIpc) is 2.58. The summed E-state index contributed by atoms with van der Waals surface area (Å²) in [5.41, 5.74) is 0.101. The maximum absolute atomic E-state index is 13.7. The molecule has 0 radical (unpaired) electrons. The highest BCUT2D eigenvalue weighted by molar-refractivity contribution is 5.57. The molecule has 120 valence electrons. The number of nitrogens with zero attached hydrogens (tertiary/aromatic N) is 5. The number of hydrogen-bond donors (Lipinski definition) is 1. The van der Waals surface area contributed by atoms with Gasteiger partial charge in [0.05, 0.1) is 11.9 Å². The van der Waals surface area contributed by atoms with E-state index in [0.717, 1.165) is 18.5 Å². The van der Waals surface area contributed by atoms with E-state index >= 15 is 0 Å². The molecule has 1 aliphatic rings. The van der Waals surface area contributed by atoms with Crippen LogP contribution in [0.15, 0.2) is 24.4 Å². The Bertz CT molecular complexity index is 705. The third-order valence-electron chi connectivity index (χ3n) is 3.49. The van der Waals surface area contributed by atoms with Gasteiger partial charge in [-0.25, -0.2) is 8.78 Å². The first-order chi connectivity index (χ1) is 11.2. The van der Waals surface area contributed by atoms with Gasteiger partial charge >= 0.3 is 0 Å². The minimum absolute atomic E-state index is 0.101. The first kappa shape index (κ1) is 15.1. The summed E-state index contributed by atoms with van der Waals surface area (Å²) >= 11 is 0. The zero-order valence-electron chi connectivity index (χ0n) is 12.1. The maximum Gasteiger partial charge on any atom is 0.247 e. The highest BCUT2D eigenvalue weighted by Gasteiger charge is 2.18. The molecule has 23 heavy (non-hydrogen) atoms. The Morgan fingerprint density at radius 3 is 2.65 bits per heavy atom. The van der Waals surface area contributed by atoms with E-state index in [1.807, 2.05) is 4.90 Å². The lowest BCUT2D eigenvalue weighted by Crippen LogP contribution is -2.46. The molecule has 2 aromatic rings. The number of amides is 1. The van der Waals surface area contributed by atoms with Crippen LogP contribution in [0.25, 0.3) is 0 Å². The molecule has 1 fully saturated rings. The predicted molar refractivity (Wildman–Crippen MR) is 79.3 cm³/mol. The van der Waals surface area contributed by atoms with Crippen molar-refractivity contribution >= 4 is 23.9 Å². The SMILES string of the molecule is O=CN1CCN(c2nncc(Nc3ccc(F)cc3F)n2)CC1. The van der Waals surface area contributed by atoms with E-state index in [9.17, 15) is 13.6 Å². The number of piperazine rings is 1. The van der Waals surface area contributed by atoms with Crippen LogP contribution in [0, 0.1) is 11.6 Å². The van der Waals surface area contributed by atoms with Gasteiger partial charge in [-0.15, -0.1) is 5.10 Å². The van der Waals surface area contributed by atoms with Crippen molar-refractivity contribution in [3.63, 3.8) is 0 Å². The molecule has 0 spiro atoms. The Balaban J connectivity index is 1.74. The van der Waals surface area contributed by atoms with E-state index in [1.165, 1.54) is 12.3 Å². The minimum atomic E-state index is -0.718. The van der Waals surface area contributed by atoms with Gasteiger partial charge in [0.2, 0.25) is 12.4 Å². The van der Waals surface area contributed by atoms with Crippen LogP contribution < -0.4 is 10.2 Å². The Morgan fingerprint density at radius 1 is 1.17 bits per heavy atom. The summed E-state index contributed by atoms with van der Waals surface area (Å²) in [6.07, 6.45) is 2.17. The van der Waals surface area contributed by atoms with Crippen LogP contribution in [-0.4, -0.2) is 52.7 Å². The molecule has 1 aliphatic heterocycles. The van der Waals surface area contributed by atoms with Gasteiger partial charge in [0.15, 0.2) is 5.82 Å². The molecule has 1 aromatic carbocycles. The fourth-order valence-corrected chi connectivity index (χ4v) is 2.24. The standard InChI is InChI=1S/C14H14F2N6O/c15-10-1-2-12(11(16)7-10)18-13-8-17-20-14(19-13)22-5-3-21(9-23)4-6-22/h1-2,7-9H,3-6H2,(H,18,19,20). The van der Waals surface area contributed by atoms with Gasteiger partial charge in [0.1, 0.15) is 11.6 Å². The van der Waals surface area contributed by atoms with Crippen LogP contribution in [-0.2, 0) is 4.79 Å². The summed E-state index contributed by atoms with van der Waals surface area (Å²) < 4.78 is 26.6. The number of aromatic nitrogens is 3. The van der Waals surface area contributed by atoms with Crippen molar-refractivity contribution in [1.29, 1.82) is 0 Å². The van der Waals surface area contributed by atoms with Gasteiger partial charge in [-0.1, -0.05) is 0 Å². The van der Waals surface area contributed by atoms with Gasteiger partial charge in [0.25, 0.3) is 0 Å². The zero-order valence-corrected chi connectivity index (χ0v) is 12.1. The zero-order chi connectivity index (χ0) is 16.2. The lowest BCUT2D eigenvalue weighted by Gasteiger charge is -2.32. The van der Waals surface area contributed by atoms with E-state index in [0.29, 0.717) is 37.9 Å². The maximum atomic E-state index is 13.7. The Labute approximate surface area is 130 Å². The number of carbonyl (C=O) groups excluding carboxylic acids is 1. The molecule has 0 aliphatic carbocycles. The Hall–Kier alpha value is -2.84. The van der Waals surface area contributed by atoms with Crippen molar-refractivity contribution in [2.24, 2.45) is 0 Å². The summed E-state index contributed by atoms with van der Waals surface area (Å²) in [6.45, 7) is 2.35. The smallest absolute Gasteiger partial charge is 0.247 e. The molecule has 9 heteroatoms. The summed E-state index contributed by atoms with van der Waals surface area (Å²) in [6, 6.07) is 3.23. The van der Waals surface area contributed by atoms with Crippen LogP contribution >= 0.6 is 0 Å². The second-order valence-electron chi connectivity index (χ2n) is 5.02. The molecule has 0 atom stereocenters. The van der Waals surface area contributed by atoms with Crippen molar-refractivity contribution in [2.75, 3.05) is 36.4 Å². The molecule has 1 aromatic heterocycles. The summed E-state index contributed by atoms with van der Waals surface area (Å²) in [7, 11) is 0. The Morgan fingerprint density at radius 2 is 1.96 bits per heavy atom. The molecule has 1 amide bonds. The van der Waals surface area contributed by atoms with Gasteiger partial charge in [-0.2, -0.15) is 10.1 Å². The highest BCUT2D eigenvalue weighted by atomic mass is 19.1. The van der Waals surface area contributed by atoms with Gasteiger partial charge < -0.3 is 15.1 Å². The van der Waals surface area contributed by atoms with Crippen molar-refractivity contribution in [2.45, 2.75) is 0 Å². The molecule has 1 N–H and O–H groups in total. The fraction of sp³-hybridized carbons (Fsp3) is 0.286. The molecule has 0 unspecified atom stereocenters. The lowest BCUT2D eigenvalue weighted by molar-refractivity contribution is -0.118. The first-order valence-corrected chi connectivity index (χ1v) is 7.02. The van der Waals surface area contributed by atoms with E-state index in [1.54, 1.807) is 4.90 Å². The van der Waals surface area contributed by atoms with Crippen LogP contribution in [0.3, 0.4) is 0 Å². The number of nitrogens with one attached hydrogen (secondary N) is 1. The topological polar surface area (TPSA) is 74.2 Å². The van der Waals surface area contributed by atoms with E-state index in [-0.39, 0.29) is 5.69 Å². The third-order valence-corrected chi connectivity index (χ3v) is 3.49. The van der Waals surface area contributed by atoms with Gasteiger partial charge in [-0.3, -0.25) is 4.79 Å². The predicted octanol–water partition coefficient (Wildman–Crippen LogP) is 1.17. The van der Waals surface area contributed by atoms with Crippen LogP contribution in [0.2, 0.25) is 0 Å². The van der Waals surface area contributed by atoms with Crippen LogP contribution in [0.5, 0.6) is 0 Å². The molecule has 7 nitrogen and oxygen atoms in total. The average molecular weight is 320 g/mol. The number of benzene rings is 1. The normalized spacial score (nSPS) is 14.7.